The van der Waals surface area contributed by atoms with Crippen LogP contribution < -0.4 is 11.1 Å². The monoisotopic (exact) mass is 245 g/mol. The molecule has 3 heteroatoms. The van der Waals surface area contributed by atoms with Crippen LogP contribution >= 0.6 is 0 Å². The van der Waals surface area contributed by atoms with Crippen molar-refractivity contribution in [1.29, 1.82) is 5.26 Å². The highest BCUT2D eigenvalue weighted by Gasteiger charge is 2.25. The summed E-state index contributed by atoms with van der Waals surface area (Å²) in [5.41, 5.74) is 8.40. The molecule has 98 valence electrons. The topological polar surface area (TPSA) is 61.8 Å². The predicted molar refractivity (Wildman–Crippen MR) is 76.4 cm³/mol. The Morgan fingerprint density at radius 2 is 2.11 bits per heavy atom. The van der Waals surface area contributed by atoms with Gasteiger partial charge in [-0.25, -0.2) is 0 Å². The Balaban J connectivity index is 3.06. The standard InChI is InChI=1S/C15H23N3/c1-11(2)8-15(4,10-17)18-14-12(3)6-5-7-13(14)9-16/h5-7,11,18H,8,10,17H2,1-4H3. The van der Waals surface area contributed by atoms with Gasteiger partial charge in [-0.15, -0.1) is 0 Å². The zero-order valence-corrected chi connectivity index (χ0v) is 11.7. The first kappa shape index (κ1) is 14.5. The summed E-state index contributed by atoms with van der Waals surface area (Å²) in [6.45, 7) is 9.03. The minimum Gasteiger partial charge on any atom is -0.377 e. The number of para-hydroxylation sites is 1. The molecule has 1 aromatic carbocycles. The van der Waals surface area contributed by atoms with Crippen LogP contribution in [0, 0.1) is 24.2 Å². The third-order valence-electron chi connectivity index (χ3n) is 3.13. The van der Waals surface area contributed by atoms with E-state index in [0.29, 0.717) is 18.0 Å². The summed E-state index contributed by atoms with van der Waals surface area (Å²) >= 11 is 0. The average Bonchev–Trinajstić information content (AvgIpc) is 2.31. The molecule has 3 nitrogen and oxygen atoms in total. The van der Waals surface area contributed by atoms with Crippen molar-refractivity contribution < 1.29 is 0 Å². The van der Waals surface area contributed by atoms with E-state index in [9.17, 15) is 5.26 Å². The Morgan fingerprint density at radius 3 is 2.61 bits per heavy atom. The number of nitrogens with two attached hydrogens (primary N) is 1. The van der Waals surface area contributed by atoms with E-state index in [0.717, 1.165) is 17.7 Å². The second-order valence-electron chi connectivity index (χ2n) is 5.60. The number of rotatable bonds is 5. The van der Waals surface area contributed by atoms with E-state index in [2.05, 4.69) is 32.2 Å². The van der Waals surface area contributed by atoms with Crippen LogP contribution in [0.15, 0.2) is 18.2 Å². The summed E-state index contributed by atoms with van der Waals surface area (Å²) in [6, 6.07) is 7.98. The Morgan fingerprint density at radius 1 is 1.44 bits per heavy atom. The molecule has 0 radical (unpaired) electrons. The molecule has 1 atom stereocenters. The smallest absolute Gasteiger partial charge is 0.101 e. The summed E-state index contributed by atoms with van der Waals surface area (Å²) in [7, 11) is 0. The fourth-order valence-electron chi connectivity index (χ4n) is 2.32. The zero-order chi connectivity index (χ0) is 13.8. The van der Waals surface area contributed by atoms with Crippen molar-refractivity contribution in [1.82, 2.24) is 0 Å². The van der Waals surface area contributed by atoms with Crippen LogP contribution in [-0.4, -0.2) is 12.1 Å². The van der Waals surface area contributed by atoms with Gasteiger partial charge in [0.15, 0.2) is 0 Å². The van der Waals surface area contributed by atoms with Crippen LogP contribution in [0.1, 0.15) is 38.3 Å². The summed E-state index contributed by atoms with van der Waals surface area (Å²) in [5.74, 6) is 0.556. The Labute approximate surface area is 110 Å². The maximum Gasteiger partial charge on any atom is 0.101 e. The van der Waals surface area contributed by atoms with Crippen molar-refractivity contribution in [3.05, 3.63) is 29.3 Å². The molecule has 0 saturated heterocycles. The van der Waals surface area contributed by atoms with Crippen LogP contribution in [0.5, 0.6) is 0 Å². The minimum atomic E-state index is -0.175. The Bertz CT molecular complexity index is 446. The van der Waals surface area contributed by atoms with Gasteiger partial charge in [-0.2, -0.15) is 5.26 Å². The van der Waals surface area contributed by atoms with E-state index in [1.54, 1.807) is 0 Å². The number of hydrogen-bond donors (Lipinski definition) is 2. The van der Waals surface area contributed by atoms with Gasteiger partial charge in [0.25, 0.3) is 0 Å². The number of nitrogens with one attached hydrogen (secondary N) is 1. The van der Waals surface area contributed by atoms with Crippen LogP contribution in [0.2, 0.25) is 0 Å². The van der Waals surface area contributed by atoms with Crippen LogP contribution in [-0.2, 0) is 0 Å². The van der Waals surface area contributed by atoms with Gasteiger partial charge in [-0.05, 0) is 37.8 Å². The molecule has 18 heavy (non-hydrogen) atoms. The second-order valence-corrected chi connectivity index (χ2v) is 5.60. The van der Waals surface area contributed by atoms with Gasteiger partial charge in [-0.1, -0.05) is 26.0 Å². The molecule has 1 unspecified atom stereocenters. The van der Waals surface area contributed by atoms with E-state index in [-0.39, 0.29) is 5.54 Å². The molecular weight excluding hydrogens is 222 g/mol. The van der Waals surface area contributed by atoms with Gasteiger partial charge in [0.05, 0.1) is 11.3 Å². The molecule has 3 N–H and O–H groups in total. The van der Waals surface area contributed by atoms with Crippen molar-refractivity contribution >= 4 is 5.69 Å². The molecule has 0 fully saturated rings. The van der Waals surface area contributed by atoms with E-state index in [1.807, 2.05) is 25.1 Å². The summed E-state index contributed by atoms with van der Waals surface area (Å²) < 4.78 is 0. The fourth-order valence-corrected chi connectivity index (χ4v) is 2.32. The Hall–Kier alpha value is -1.53. The molecular formula is C15H23N3. The molecule has 0 heterocycles. The highest BCUT2D eigenvalue weighted by atomic mass is 15.0. The number of anilines is 1. The lowest BCUT2D eigenvalue weighted by Gasteiger charge is -2.33. The van der Waals surface area contributed by atoms with Gasteiger partial charge in [0.1, 0.15) is 6.07 Å². The lowest BCUT2D eigenvalue weighted by molar-refractivity contribution is 0.407. The Kier molecular flexibility index (Phi) is 4.75. The number of hydrogen-bond acceptors (Lipinski definition) is 3. The van der Waals surface area contributed by atoms with Crippen LogP contribution in [0.4, 0.5) is 5.69 Å². The highest BCUT2D eigenvalue weighted by Crippen LogP contribution is 2.26. The third kappa shape index (κ3) is 3.48. The molecule has 0 amide bonds. The average molecular weight is 245 g/mol. The van der Waals surface area contributed by atoms with E-state index in [4.69, 9.17) is 5.73 Å². The van der Waals surface area contributed by atoms with E-state index >= 15 is 0 Å². The molecule has 1 rings (SSSR count). The zero-order valence-electron chi connectivity index (χ0n) is 11.7. The number of nitrogens with zero attached hydrogens (tertiary/aromatic N) is 1. The molecule has 0 aliphatic carbocycles. The van der Waals surface area contributed by atoms with Gasteiger partial charge in [0, 0.05) is 12.1 Å². The molecule has 0 aliphatic heterocycles. The lowest BCUT2D eigenvalue weighted by atomic mass is 9.89. The summed E-state index contributed by atoms with van der Waals surface area (Å²) in [5, 5.41) is 12.6. The first-order valence-electron chi connectivity index (χ1n) is 6.40. The first-order chi connectivity index (χ1) is 8.41. The molecule has 0 aromatic heterocycles. The first-order valence-corrected chi connectivity index (χ1v) is 6.40. The fraction of sp³-hybridized carbons (Fsp3) is 0.533. The number of benzene rings is 1. The lowest BCUT2D eigenvalue weighted by Crippen LogP contribution is -2.44. The SMILES string of the molecule is Cc1cccc(C#N)c1NC(C)(CN)CC(C)C. The highest BCUT2D eigenvalue weighted by molar-refractivity contribution is 5.63. The number of nitriles is 1. The summed E-state index contributed by atoms with van der Waals surface area (Å²) in [4.78, 5) is 0. The van der Waals surface area contributed by atoms with E-state index < -0.39 is 0 Å². The van der Waals surface area contributed by atoms with Crippen LogP contribution in [0.25, 0.3) is 0 Å². The quantitative estimate of drug-likeness (QED) is 0.838. The maximum atomic E-state index is 9.17. The van der Waals surface area contributed by atoms with Crippen molar-refractivity contribution in [2.45, 2.75) is 39.7 Å². The van der Waals surface area contributed by atoms with Crippen molar-refractivity contribution in [3.63, 3.8) is 0 Å². The molecule has 0 bridgehead atoms. The molecule has 1 aromatic rings. The summed E-state index contributed by atoms with van der Waals surface area (Å²) in [6.07, 6.45) is 0.975. The van der Waals surface area contributed by atoms with Crippen molar-refractivity contribution in [3.8, 4) is 6.07 Å². The minimum absolute atomic E-state index is 0.175. The van der Waals surface area contributed by atoms with E-state index in [1.165, 1.54) is 0 Å². The largest absolute Gasteiger partial charge is 0.377 e. The van der Waals surface area contributed by atoms with Gasteiger partial charge in [0.2, 0.25) is 0 Å². The van der Waals surface area contributed by atoms with Crippen LogP contribution in [0.3, 0.4) is 0 Å². The van der Waals surface area contributed by atoms with Gasteiger partial charge in [-0.3, -0.25) is 0 Å². The third-order valence-corrected chi connectivity index (χ3v) is 3.13. The molecule has 0 aliphatic rings. The number of aryl methyl sites for hydroxylation is 1. The van der Waals surface area contributed by atoms with Crippen molar-refractivity contribution in [2.24, 2.45) is 11.7 Å². The normalized spacial score (nSPS) is 14.1. The molecule has 0 saturated carbocycles. The molecule has 0 spiro atoms. The second kappa shape index (κ2) is 5.88. The van der Waals surface area contributed by atoms with Gasteiger partial charge < -0.3 is 11.1 Å². The predicted octanol–water partition coefficient (Wildman–Crippen LogP) is 3.04. The maximum absolute atomic E-state index is 9.17. The van der Waals surface area contributed by atoms with Crippen molar-refractivity contribution in [2.75, 3.05) is 11.9 Å². The van der Waals surface area contributed by atoms with Gasteiger partial charge >= 0.3 is 0 Å².